The second kappa shape index (κ2) is 10.3. The van der Waals surface area contributed by atoms with Crippen molar-refractivity contribution in [2.45, 2.75) is 38.4 Å². The Labute approximate surface area is 165 Å². The fraction of sp³-hybridized carbons (Fsp3) is 0.889. The molecule has 162 valence electrons. The Kier molecular flexibility index (Phi) is 8.36. The predicted octanol–water partition coefficient (Wildman–Crippen LogP) is 0.718. The van der Waals surface area contributed by atoms with Crippen molar-refractivity contribution in [3.63, 3.8) is 0 Å². The lowest BCUT2D eigenvalue weighted by atomic mass is 9.97. The van der Waals surface area contributed by atoms with Gasteiger partial charge in [-0.3, -0.25) is 14.7 Å². The van der Waals surface area contributed by atoms with E-state index in [0.717, 1.165) is 51.4 Å². The molecule has 2 unspecified atom stereocenters. The first kappa shape index (κ1) is 22.7. The smallest absolute Gasteiger partial charge is 0.369 e. The topological polar surface area (TPSA) is 77.2 Å². The molecule has 7 nitrogen and oxygen atoms in total. The second-order valence-electron chi connectivity index (χ2n) is 7.61. The van der Waals surface area contributed by atoms with E-state index in [0.29, 0.717) is 26.2 Å². The first-order valence-electron chi connectivity index (χ1n) is 10.0. The van der Waals surface area contributed by atoms with E-state index >= 15 is 0 Å². The van der Waals surface area contributed by atoms with Crippen molar-refractivity contribution in [3.8, 4) is 0 Å². The zero-order chi connectivity index (χ0) is 20.7. The third-order valence-electron chi connectivity index (χ3n) is 5.69. The summed E-state index contributed by atoms with van der Waals surface area (Å²) in [6.45, 7) is 6.30. The summed E-state index contributed by atoms with van der Waals surface area (Å²) >= 11 is 0. The summed E-state index contributed by atoms with van der Waals surface area (Å²) in [5, 5.41) is 3.30. The number of carbonyl (C=O) groups excluding carboxylic acids is 1. The van der Waals surface area contributed by atoms with Crippen LogP contribution in [-0.4, -0.2) is 98.2 Å². The Morgan fingerprint density at radius 2 is 1.93 bits per heavy atom. The molecule has 0 radical (unpaired) electrons. The molecule has 0 spiro atoms. The Morgan fingerprint density at radius 3 is 2.50 bits per heavy atom. The molecule has 2 fully saturated rings. The number of nitrogens with two attached hydrogens (primary N) is 1. The summed E-state index contributed by atoms with van der Waals surface area (Å²) in [4.78, 5) is 21.4. The highest BCUT2D eigenvalue weighted by atomic mass is 19.4. The summed E-state index contributed by atoms with van der Waals surface area (Å²) in [6, 6.07) is -1.42. The number of nitrogens with zero attached hydrogens (tertiary/aromatic N) is 4. The van der Waals surface area contributed by atoms with Gasteiger partial charge in [-0.2, -0.15) is 13.2 Å². The van der Waals surface area contributed by atoms with Crippen LogP contribution in [0.25, 0.3) is 0 Å². The van der Waals surface area contributed by atoms with E-state index in [1.165, 1.54) is 11.8 Å². The minimum Gasteiger partial charge on any atom is -0.369 e. The average Bonchev–Trinajstić information content (AvgIpc) is 2.67. The van der Waals surface area contributed by atoms with Crippen LogP contribution in [0.15, 0.2) is 4.99 Å². The Bertz CT molecular complexity index is 534. The molecule has 2 aliphatic heterocycles. The normalized spacial score (nSPS) is 24.2. The molecule has 0 aliphatic carbocycles. The molecule has 2 rings (SSSR count). The van der Waals surface area contributed by atoms with Gasteiger partial charge in [0, 0.05) is 46.3 Å². The van der Waals surface area contributed by atoms with Crippen molar-refractivity contribution in [1.82, 2.24) is 20.0 Å². The van der Waals surface area contributed by atoms with E-state index in [1.807, 2.05) is 4.90 Å². The van der Waals surface area contributed by atoms with Crippen LogP contribution in [0, 0.1) is 5.92 Å². The number of primary amides is 1. The number of aliphatic imine (C=N–C) groups is 1. The maximum absolute atomic E-state index is 12.9. The summed E-state index contributed by atoms with van der Waals surface area (Å²) in [5.41, 5.74) is 5.41. The summed E-state index contributed by atoms with van der Waals surface area (Å²) < 4.78 is 38.6. The van der Waals surface area contributed by atoms with Crippen molar-refractivity contribution in [2.75, 3.05) is 59.4 Å². The monoisotopic (exact) mass is 406 g/mol. The molecule has 1 amide bonds. The van der Waals surface area contributed by atoms with Gasteiger partial charge in [-0.05, 0) is 39.3 Å². The summed E-state index contributed by atoms with van der Waals surface area (Å²) in [7, 11) is 1.69. The zero-order valence-electron chi connectivity index (χ0n) is 16.8. The van der Waals surface area contributed by atoms with Crippen LogP contribution in [0.2, 0.25) is 0 Å². The SMILES string of the molecule is CN=C(NCCCN1CCCC(C(N)=O)C1)N1CCN(C(C)C(F)(F)F)CC1. The molecule has 0 aromatic rings. The fourth-order valence-electron chi connectivity index (χ4n) is 3.85. The van der Waals surface area contributed by atoms with Crippen molar-refractivity contribution in [1.29, 1.82) is 0 Å². The number of piperazine rings is 1. The lowest BCUT2D eigenvalue weighted by Gasteiger charge is -2.39. The number of carbonyl (C=O) groups is 1. The van der Waals surface area contributed by atoms with Gasteiger partial charge in [-0.25, -0.2) is 0 Å². The van der Waals surface area contributed by atoms with Crippen LogP contribution < -0.4 is 11.1 Å². The predicted molar refractivity (Wildman–Crippen MR) is 103 cm³/mol. The third kappa shape index (κ3) is 6.51. The first-order valence-corrected chi connectivity index (χ1v) is 10.0. The lowest BCUT2D eigenvalue weighted by molar-refractivity contribution is -0.181. The molecule has 2 heterocycles. The van der Waals surface area contributed by atoms with Crippen LogP contribution in [0.1, 0.15) is 26.2 Å². The van der Waals surface area contributed by atoms with Crippen LogP contribution in [0.5, 0.6) is 0 Å². The quantitative estimate of drug-likeness (QED) is 0.386. The maximum Gasteiger partial charge on any atom is 0.403 e. The van der Waals surface area contributed by atoms with Gasteiger partial charge in [0.05, 0.1) is 5.92 Å². The minimum absolute atomic E-state index is 0.0511. The Morgan fingerprint density at radius 1 is 1.25 bits per heavy atom. The highest BCUT2D eigenvalue weighted by Crippen LogP contribution is 2.25. The number of alkyl halides is 3. The second-order valence-corrected chi connectivity index (χ2v) is 7.61. The van der Waals surface area contributed by atoms with Gasteiger partial charge in [0.1, 0.15) is 6.04 Å². The van der Waals surface area contributed by atoms with Crippen molar-refractivity contribution < 1.29 is 18.0 Å². The highest BCUT2D eigenvalue weighted by molar-refractivity contribution is 5.80. The number of guanidine groups is 1. The average molecular weight is 406 g/mol. The van der Waals surface area contributed by atoms with E-state index in [9.17, 15) is 18.0 Å². The zero-order valence-corrected chi connectivity index (χ0v) is 16.8. The third-order valence-corrected chi connectivity index (χ3v) is 5.69. The first-order chi connectivity index (χ1) is 13.2. The van der Waals surface area contributed by atoms with Gasteiger partial charge in [0.15, 0.2) is 5.96 Å². The van der Waals surface area contributed by atoms with E-state index in [-0.39, 0.29) is 11.8 Å². The fourth-order valence-corrected chi connectivity index (χ4v) is 3.85. The molecule has 0 aromatic heterocycles. The van der Waals surface area contributed by atoms with Crippen molar-refractivity contribution in [2.24, 2.45) is 16.6 Å². The maximum atomic E-state index is 12.9. The molecule has 28 heavy (non-hydrogen) atoms. The van der Waals surface area contributed by atoms with E-state index in [2.05, 4.69) is 15.2 Å². The molecule has 3 N–H and O–H groups in total. The van der Waals surface area contributed by atoms with Gasteiger partial charge in [-0.15, -0.1) is 0 Å². The van der Waals surface area contributed by atoms with Gasteiger partial charge in [0.25, 0.3) is 0 Å². The number of rotatable bonds is 6. The lowest BCUT2D eigenvalue weighted by Crippen LogP contribution is -2.56. The number of amides is 1. The minimum atomic E-state index is -4.19. The van der Waals surface area contributed by atoms with Gasteiger partial charge >= 0.3 is 6.18 Å². The molecule has 2 saturated heterocycles. The molecule has 0 bridgehead atoms. The Hall–Kier alpha value is -1.55. The highest BCUT2D eigenvalue weighted by Gasteiger charge is 2.41. The standard InChI is InChI=1S/C18H33F3N6O/c1-14(18(19,20)21)26-9-11-27(12-10-26)17(23-2)24-6-4-8-25-7-3-5-15(13-25)16(22)28/h14-15H,3-13H2,1-2H3,(H2,22,28)(H,23,24). The van der Waals surface area contributed by atoms with Gasteiger partial charge in [-0.1, -0.05) is 0 Å². The molecular weight excluding hydrogens is 373 g/mol. The largest absolute Gasteiger partial charge is 0.403 e. The van der Waals surface area contributed by atoms with Crippen LogP contribution in [0.3, 0.4) is 0 Å². The summed E-state index contributed by atoms with van der Waals surface area (Å²) in [6.07, 6.45) is -1.43. The molecule has 2 aliphatic rings. The van der Waals surface area contributed by atoms with E-state index in [4.69, 9.17) is 5.73 Å². The van der Waals surface area contributed by atoms with Gasteiger partial charge in [0.2, 0.25) is 5.91 Å². The van der Waals surface area contributed by atoms with Crippen molar-refractivity contribution in [3.05, 3.63) is 0 Å². The van der Waals surface area contributed by atoms with Crippen LogP contribution >= 0.6 is 0 Å². The molecule has 2 atom stereocenters. The van der Waals surface area contributed by atoms with Crippen LogP contribution in [-0.2, 0) is 4.79 Å². The Balaban J connectivity index is 1.69. The molecule has 0 aromatic carbocycles. The molecular formula is C18H33F3N6O. The number of likely N-dealkylation sites (tertiary alicyclic amines) is 1. The molecule has 0 saturated carbocycles. The van der Waals surface area contributed by atoms with Gasteiger partial charge < -0.3 is 20.9 Å². The number of hydrogen-bond acceptors (Lipinski definition) is 4. The number of hydrogen-bond donors (Lipinski definition) is 2. The van der Waals surface area contributed by atoms with Crippen LogP contribution in [0.4, 0.5) is 13.2 Å². The van der Waals surface area contributed by atoms with E-state index < -0.39 is 12.2 Å². The number of nitrogens with one attached hydrogen (secondary N) is 1. The number of piperidine rings is 1. The molecule has 10 heteroatoms. The van der Waals surface area contributed by atoms with Crippen molar-refractivity contribution >= 4 is 11.9 Å². The van der Waals surface area contributed by atoms with E-state index in [1.54, 1.807) is 7.05 Å². The summed E-state index contributed by atoms with van der Waals surface area (Å²) in [5.74, 6) is 0.458. The number of halogens is 3.